The van der Waals surface area contributed by atoms with E-state index in [2.05, 4.69) is 20.1 Å². The Morgan fingerprint density at radius 3 is 2.96 bits per heavy atom. The van der Waals surface area contributed by atoms with Crippen molar-refractivity contribution in [2.75, 3.05) is 13.1 Å². The molecule has 122 valence electrons. The lowest BCUT2D eigenvalue weighted by Gasteiger charge is -2.30. The molecule has 1 N–H and O–H groups in total. The topological polar surface area (TPSA) is 105 Å². The predicted octanol–water partition coefficient (Wildman–Crippen LogP) is 1.30. The van der Waals surface area contributed by atoms with E-state index in [1.807, 2.05) is 13.8 Å². The van der Waals surface area contributed by atoms with Gasteiger partial charge in [0, 0.05) is 25.2 Å². The monoisotopic (exact) mass is 317 g/mol. The quantitative estimate of drug-likeness (QED) is 0.914. The number of piperidine rings is 1. The zero-order chi connectivity index (χ0) is 16.4. The molecule has 3 rings (SSSR count). The van der Waals surface area contributed by atoms with Crippen molar-refractivity contribution in [3.63, 3.8) is 0 Å². The van der Waals surface area contributed by atoms with Gasteiger partial charge in [-0.3, -0.25) is 9.59 Å². The maximum absolute atomic E-state index is 12.5. The zero-order valence-electron chi connectivity index (χ0n) is 13.2. The second-order valence-corrected chi connectivity index (χ2v) is 6.03. The average Bonchev–Trinajstić information content (AvgIpc) is 3.05. The van der Waals surface area contributed by atoms with Crippen molar-refractivity contribution >= 4 is 5.91 Å². The average molecular weight is 317 g/mol. The van der Waals surface area contributed by atoms with Crippen LogP contribution in [0.3, 0.4) is 0 Å². The van der Waals surface area contributed by atoms with E-state index in [9.17, 15) is 9.59 Å². The smallest absolute Gasteiger partial charge is 0.273 e. The molecule has 1 aliphatic rings. The van der Waals surface area contributed by atoms with Gasteiger partial charge in [0.2, 0.25) is 5.89 Å². The highest BCUT2D eigenvalue weighted by atomic mass is 16.5. The Morgan fingerprint density at radius 2 is 2.30 bits per heavy atom. The van der Waals surface area contributed by atoms with Gasteiger partial charge in [-0.2, -0.15) is 4.98 Å². The molecule has 0 bridgehead atoms. The van der Waals surface area contributed by atoms with E-state index in [-0.39, 0.29) is 29.0 Å². The highest BCUT2D eigenvalue weighted by molar-refractivity contribution is 5.92. The van der Waals surface area contributed by atoms with Gasteiger partial charge in [-0.15, -0.1) is 0 Å². The number of amides is 1. The summed E-state index contributed by atoms with van der Waals surface area (Å²) in [6, 6.07) is 0. The Bertz CT molecular complexity index is 731. The molecule has 3 heterocycles. The van der Waals surface area contributed by atoms with Crippen molar-refractivity contribution in [3.8, 4) is 0 Å². The summed E-state index contributed by atoms with van der Waals surface area (Å²) in [6.45, 7) is 5.18. The number of H-pyrrole nitrogens is 1. The maximum atomic E-state index is 12.5. The molecule has 1 saturated heterocycles. The van der Waals surface area contributed by atoms with Gasteiger partial charge >= 0.3 is 0 Å². The van der Waals surface area contributed by atoms with Crippen LogP contribution in [0.2, 0.25) is 0 Å². The Labute approximate surface area is 132 Å². The third-order valence-corrected chi connectivity index (χ3v) is 3.92. The van der Waals surface area contributed by atoms with Crippen LogP contribution in [0.25, 0.3) is 0 Å². The Kier molecular flexibility index (Phi) is 4.22. The van der Waals surface area contributed by atoms with E-state index < -0.39 is 0 Å². The first-order valence-electron chi connectivity index (χ1n) is 7.72. The van der Waals surface area contributed by atoms with Crippen LogP contribution >= 0.6 is 0 Å². The maximum Gasteiger partial charge on any atom is 0.273 e. The van der Waals surface area contributed by atoms with Crippen molar-refractivity contribution in [3.05, 3.63) is 40.2 Å². The summed E-state index contributed by atoms with van der Waals surface area (Å²) in [5.74, 6) is 1.32. The van der Waals surface area contributed by atoms with Gasteiger partial charge in [0.15, 0.2) is 5.82 Å². The van der Waals surface area contributed by atoms with E-state index >= 15 is 0 Å². The number of carbonyl (C=O) groups excluding carboxylic acids is 1. The molecule has 2 aromatic rings. The summed E-state index contributed by atoms with van der Waals surface area (Å²) >= 11 is 0. The lowest BCUT2D eigenvalue weighted by Crippen LogP contribution is -2.39. The number of likely N-dealkylation sites (tertiary alicyclic amines) is 1. The fraction of sp³-hybridized carbons (Fsp3) is 0.533. The number of nitrogens with one attached hydrogen (secondary N) is 1. The molecule has 8 heteroatoms. The number of hydrogen-bond acceptors (Lipinski definition) is 6. The highest BCUT2D eigenvalue weighted by Gasteiger charge is 2.29. The van der Waals surface area contributed by atoms with E-state index in [0.717, 1.165) is 19.0 Å². The Hall–Kier alpha value is -2.51. The molecule has 1 amide bonds. The summed E-state index contributed by atoms with van der Waals surface area (Å²) in [7, 11) is 0. The summed E-state index contributed by atoms with van der Waals surface area (Å²) in [5, 5.41) is 3.99. The van der Waals surface area contributed by atoms with Gasteiger partial charge in [-0.25, -0.2) is 4.98 Å². The van der Waals surface area contributed by atoms with Gasteiger partial charge in [0.1, 0.15) is 5.69 Å². The van der Waals surface area contributed by atoms with Crippen molar-refractivity contribution in [1.29, 1.82) is 0 Å². The molecule has 0 spiro atoms. The molecule has 8 nitrogen and oxygen atoms in total. The largest absolute Gasteiger partial charge is 0.339 e. The number of rotatable bonds is 3. The highest BCUT2D eigenvalue weighted by Crippen LogP contribution is 2.27. The van der Waals surface area contributed by atoms with Crippen LogP contribution in [0.4, 0.5) is 0 Å². The predicted molar refractivity (Wildman–Crippen MR) is 81.1 cm³/mol. The number of nitrogens with zero attached hydrogens (tertiary/aromatic N) is 4. The second-order valence-electron chi connectivity index (χ2n) is 6.03. The van der Waals surface area contributed by atoms with Crippen LogP contribution < -0.4 is 5.56 Å². The fourth-order valence-electron chi connectivity index (χ4n) is 2.63. The first-order chi connectivity index (χ1) is 11.0. The standard InChI is InChI=1S/C15H19N5O3/c1-9(2)13-18-14(23-19-13)10-4-3-5-20(8-10)15(22)11-6-17-12(21)7-16-11/h6-7,9-10H,3-5,8H2,1-2H3,(H,17,21)/t10-/m0/s1. The van der Waals surface area contributed by atoms with Gasteiger partial charge in [-0.1, -0.05) is 19.0 Å². The van der Waals surface area contributed by atoms with Crippen molar-refractivity contribution in [2.45, 2.75) is 38.5 Å². The Balaban J connectivity index is 1.73. The van der Waals surface area contributed by atoms with Crippen LogP contribution in [0.1, 0.15) is 60.7 Å². The van der Waals surface area contributed by atoms with Crippen LogP contribution in [0.5, 0.6) is 0 Å². The molecule has 1 fully saturated rings. The molecule has 1 atom stereocenters. The van der Waals surface area contributed by atoms with Crippen molar-refractivity contribution in [1.82, 2.24) is 25.0 Å². The number of carbonyl (C=O) groups is 1. The molecule has 0 radical (unpaired) electrons. The van der Waals surface area contributed by atoms with Crippen molar-refractivity contribution in [2.24, 2.45) is 0 Å². The van der Waals surface area contributed by atoms with Crippen LogP contribution in [0, 0.1) is 0 Å². The van der Waals surface area contributed by atoms with Crippen molar-refractivity contribution < 1.29 is 9.32 Å². The molecule has 2 aromatic heterocycles. The third kappa shape index (κ3) is 3.30. The summed E-state index contributed by atoms with van der Waals surface area (Å²) in [4.78, 5) is 36.0. The van der Waals surface area contributed by atoms with Gasteiger partial charge in [0.05, 0.1) is 12.1 Å². The zero-order valence-corrected chi connectivity index (χ0v) is 13.2. The Morgan fingerprint density at radius 1 is 1.48 bits per heavy atom. The molecule has 0 aliphatic carbocycles. The normalized spacial score (nSPS) is 18.4. The summed E-state index contributed by atoms with van der Waals surface area (Å²) in [5.41, 5.74) is -0.0937. The molecule has 0 aromatic carbocycles. The van der Waals surface area contributed by atoms with Crippen LogP contribution in [-0.2, 0) is 0 Å². The molecular weight excluding hydrogens is 298 g/mol. The minimum absolute atomic E-state index is 0.0375. The van der Waals surface area contributed by atoms with E-state index in [1.165, 1.54) is 6.20 Å². The third-order valence-electron chi connectivity index (χ3n) is 3.92. The number of aromatic nitrogens is 4. The lowest BCUT2D eigenvalue weighted by molar-refractivity contribution is 0.0689. The minimum atomic E-state index is -0.329. The second kappa shape index (κ2) is 6.31. The van der Waals surface area contributed by atoms with E-state index in [1.54, 1.807) is 4.90 Å². The summed E-state index contributed by atoms with van der Waals surface area (Å²) < 4.78 is 5.35. The number of hydrogen-bond donors (Lipinski definition) is 1. The van der Waals surface area contributed by atoms with E-state index in [0.29, 0.717) is 24.8 Å². The van der Waals surface area contributed by atoms with Crippen LogP contribution in [-0.4, -0.2) is 44.0 Å². The fourth-order valence-corrected chi connectivity index (χ4v) is 2.63. The van der Waals surface area contributed by atoms with Gasteiger partial charge in [0.25, 0.3) is 11.5 Å². The first kappa shape index (κ1) is 15.4. The molecule has 0 unspecified atom stereocenters. The number of aromatic amines is 1. The summed E-state index contributed by atoms with van der Waals surface area (Å²) in [6.07, 6.45) is 4.22. The molecule has 23 heavy (non-hydrogen) atoms. The lowest BCUT2D eigenvalue weighted by atomic mass is 9.97. The molecule has 0 saturated carbocycles. The van der Waals surface area contributed by atoms with Gasteiger partial charge < -0.3 is 14.4 Å². The SMILES string of the molecule is CC(C)c1noc([C@H]2CCCN(C(=O)c3c[nH]c(=O)cn3)C2)n1. The minimum Gasteiger partial charge on any atom is -0.339 e. The van der Waals surface area contributed by atoms with Gasteiger partial charge in [-0.05, 0) is 12.8 Å². The molecular formula is C15H19N5O3. The van der Waals surface area contributed by atoms with Crippen LogP contribution in [0.15, 0.2) is 21.7 Å². The first-order valence-corrected chi connectivity index (χ1v) is 7.72. The van der Waals surface area contributed by atoms with E-state index in [4.69, 9.17) is 4.52 Å². The molecule has 1 aliphatic heterocycles.